The summed E-state index contributed by atoms with van der Waals surface area (Å²) < 4.78 is 0. The number of hydrogen-bond donors (Lipinski definition) is 4. The number of carbonyl (C=O) groups is 1. The molecule has 174 valence electrons. The summed E-state index contributed by atoms with van der Waals surface area (Å²) >= 11 is 12.4. The predicted octanol–water partition coefficient (Wildman–Crippen LogP) is 5.94. The molecule has 5 rings (SSSR count). The van der Waals surface area contributed by atoms with Crippen molar-refractivity contribution in [1.82, 2.24) is 25.8 Å². The number of hydrogen-bond acceptors (Lipinski definition) is 4. The van der Waals surface area contributed by atoms with Gasteiger partial charge in [0.25, 0.3) is 0 Å². The summed E-state index contributed by atoms with van der Waals surface area (Å²) in [5.41, 5.74) is 4.23. The van der Waals surface area contributed by atoms with Crippen molar-refractivity contribution in [2.24, 2.45) is 0 Å². The van der Waals surface area contributed by atoms with Crippen molar-refractivity contribution in [3.63, 3.8) is 0 Å². The number of anilines is 1. The molecule has 1 aliphatic rings. The van der Waals surface area contributed by atoms with Gasteiger partial charge < -0.3 is 16.0 Å². The number of amides is 2. The van der Waals surface area contributed by atoms with Crippen LogP contribution in [0.3, 0.4) is 0 Å². The molecule has 2 aromatic carbocycles. The molecule has 9 heteroatoms. The lowest BCUT2D eigenvalue weighted by Crippen LogP contribution is -2.47. The van der Waals surface area contributed by atoms with Gasteiger partial charge in [0.2, 0.25) is 0 Å². The highest BCUT2D eigenvalue weighted by atomic mass is 35.5. The van der Waals surface area contributed by atoms with Crippen molar-refractivity contribution in [3.8, 4) is 11.3 Å². The number of rotatable bonds is 5. The number of pyridine rings is 1. The molecule has 0 bridgehead atoms. The van der Waals surface area contributed by atoms with Crippen LogP contribution in [0.15, 0.2) is 60.9 Å². The van der Waals surface area contributed by atoms with Crippen LogP contribution in [0.4, 0.5) is 10.5 Å². The zero-order valence-corrected chi connectivity index (χ0v) is 19.8. The minimum absolute atomic E-state index is 0.103. The first-order valence-electron chi connectivity index (χ1n) is 11.2. The smallest absolute Gasteiger partial charge is 0.319 e. The summed E-state index contributed by atoms with van der Waals surface area (Å²) in [5, 5.41) is 19.0. The van der Waals surface area contributed by atoms with Gasteiger partial charge in [0.15, 0.2) is 0 Å². The third-order valence-corrected chi connectivity index (χ3v) is 6.85. The maximum absolute atomic E-state index is 13.1. The monoisotopic (exact) mass is 494 g/mol. The first kappa shape index (κ1) is 22.7. The van der Waals surface area contributed by atoms with E-state index in [0.717, 1.165) is 53.5 Å². The van der Waals surface area contributed by atoms with Crippen molar-refractivity contribution >= 4 is 45.8 Å². The Bertz CT molecular complexity index is 1300. The first-order chi connectivity index (χ1) is 16.6. The zero-order valence-electron chi connectivity index (χ0n) is 18.3. The second-order valence-electron chi connectivity index (χ2n) is 8.37. The molecule has 0 radical (unpaired) electrons. The summed E-state index contributed by atoms with van der Waals surface area (Å²) in [6.45, 7) is 0.917. The van der Waals surface area contributed by atoms with Crippen molar-refractivity contribution < 1.29 is 4.79 Å². The molecule has 1 unspecified atom stereocenters. The molecule has 0 spiro atoms. The number of urea groups is 1. The number of benzene rings is 2. The maximum atomic E-state index is 13.1. The summed E-state index contributed by atoms with van der Waals surface area (Å²) in [6.07, 6.45) is 6.65. The summed E-state index contributed by atoms with van der Waals surface area (Å²) in [5.74, 6) is 0. The molecule has 4 aromatic rings. The van der Waals surface area contributed by atoms with E-state index in [2.05, 4.69) is 31.1 Å². The van der Waals surface area contributed by atoms with Crippen LogP contribution >= 0.6 is 23.2 Å². The number of aromatic amines is 1. The lowest BCUT2D eigenvalue weighted by Gasteiger charge is -2.32. The molecule has 3 heterocycles. The second kappa shape index (κ2) is 10.0. The van der Waals surface area contributed by atoms with E-state index in [0.29, 0.717) is 15.7 Å². The van der Waals surface area contributed by atoms with Gasteiger partial charge in [-0.2, -0.15) is 5.10 Å². The largest absolute Gasteiger partial charge is 0.329 e. The molecule has 34 heavy (non-hydrogen) atoms. The van der Waals surface area contributed by atoms with E-state index in [1.54, 1.807) is 18.5 Å². The number of aromatic nitrogens is 3. The topological polar surface area (TPSA) is 94.7 Å². The molecule has 2 aromatic heterocycles. The number of fused-ring (bicyclic) bond motifs is 1. The van der Waals surface area contributed by atoms with Gasteiger partial charge in [-0.1, -0.05) is 35.7 Å². The highest BCUT2D eigenvalue weighted by molar-refractivity contribution is 6.42. The van der Waals surface area contributed by atoms with E-state index in [4.69, 9.17) is 23.2 Å². The lowest BCUT2D eigenvalue weighted by atomic mass is 9.92. The fourth-order valence-electron chi connectivity index (χ4n) is 4.42. The molecule has 0 saturated carbocycles. The van der Waals surface area contributed by atoms with E-state index in [1.165, 1.54) is 0 Å². The Kier molecular flexibility index (Phi) is 6.67. The van der Waals surface area contributed by atoms with Crippen molar-refractivity contribution in [1.29, 1.82) is 0 Å². The Hall–Kier alpha value is -3.13. The Balaban J connectivity index is 1.38. The Labute approximate surface area is 207 Å². The number of nitrogens with zero attached hydrogens (tertiary/aromatic N) is 2. The van der Waals surface area contributed by atoms with Crippen LogP contribution in [-0.4, -0.2) is 33.8 Å². The average Bonchev–Trinajstić information content (AvgIpc) is 3.29. The number of nitrogens with one attached hydrogen (secondary N) is 4. The molecule has 1 aliphatic heterocycles. The first-order valence-corrected chi connectivity index (χ1v) is 12.0. The predicted molar refractivity (Wildman–Crippen MR) is 136 cm³/mol. The number of piperidine rings is 1. The molecular formula is C25H24Cl2N6O. The third kappa shape index (κ3) is 4.87. The fourth-order valence-corrected chi connectivity index (χ4v) is 4.72. The Morgan fingerprint density at radius 3 is 2.65 bits per heavy atom. The van der Waals surface area contributed by atoms with Crippen molar-refractivity contribution in [2.75, 3.05) is 11.9 Å². The molecule has 2 amide bonds. The van der Waals surface area contributed by atoms with Gasteiger partial charge in [0, 0.05) is 35.1 Å². The lowest BCUT2D eigenvalue weighted by molar-refractivity contribution is 0.240. The fraction of sp³-hybridized carbons (Fsp3) is 0.240. The Morgan fingerprint density at radius 1 is 1.03 bits per heavy atom. The van der Waals surface area contributed by atoms with E-state index in [1.807, 2.05) is 42.5 Å². The van der Waals surface area contributed by atoms with Crippen molar-refractivity contribution in [2.45, 2.75) is 31.3 Å². The van der Waals surface area contributed by atoms with Gasteiger partial charge in [0.05, 0.1) is 21.6 Å². The number of halogens is 2. The molecular weight excluding hydrogens is 471 g/mol. The van der Waals surface area contributed by atoms with Crippen molar-refractivity contribution in [3.05, 3.63) is 76.5 Å². The SMILES string of the molecule is O=C(Nc1ccc2[nH]nc(-c3ccncc3)c2c1)NC(c1ccc(Cl)c(Cl)c1)[C@@H]1CCCCN1. The average molecular weight is 495 g/mol. The van der Waals surface area contributed by atoms with Gasteiger partial charge in [-0.15, -0.1) is 0 Å². The molecule has 4 N–H and O–H groups in total. The van der Waals surface area contributed by atoms with Crippen LogP contribution in [-0.2, 0) is 0 Å². The van der Waals surface area contributed by atoms with Crippen LogP contribution in [0.1, 0.15) is 30.9 Å². The summed E-state index contributed by atoms with van der Waals surface area (Å²) in [4.78, 5) is 17.1. The maximum Gasteiger partial charge on any atom is 0.319 e. The minimum atomic E-state index is -0.295. The van der Waals surface area contributed by atoms with Crippen LogP contribution in [0.2, 0.25) is 10.0 Å². The summed E-state index contributed by atoms with van der Waals surface area (Å²) in [7, 11) is 0. The highest BCUT2D eigenvalue weighted by Crippen LogP contribution is 2.30. The van der Waals surface area contributed by atoms with Crippen LogP contribution < -0.4 is 16.0 Å². The van der Waals surface area contributed by atoms with Gasteiger partial charge >= 0.3 is 6.03 Å². The van der Waals surface area contributed by atoms with Gasteiger partial charge in [-0.3, -0.25) is 10.1 Å². The molecule has 7 nitrogen and oxygen atoms in total. The quantitative estimate of drug-likeness (QED) is 0.276. The van der Waals surface area contributed by atoms with Gasteiger partial charge in [-0.25, -0.2) is 4.79 Å². The van der Waals surface area contributed by atoms with Gasteiger partial charge in [-0.05, 0) is 67.4 Å². The van der Waals surface area contributed by atoms with Crippen LogP contribution in [0, 0.1) is 0 Å². The van der Waals surface area contributed by atoms with E-state index < -0.39 is 0 Å². The summed E-state index contributed by atoms with van der Waals surface area (Å²) in [6, 6.07) is 14.5. The Morgan fingerprint density at radius 2 is 1.88 bits per heavy atom. The molecule has 1 fully saturated rings. The second-order valence-corrected chi connectivity index (χ2v) is 9.19. The highest BCUT2D eigenvalue weighted by Gasteiger charge is 2.27. The van der Waals surface area contributed by atoms with Gasteiger partial charge in [0.1, 0.15) is 5.69 Å². The van der Waals surface area contributed by atoms with Crippen LogP contribution in [0.5, 0.6) is 0 Å². The minimum Gasteiger partial charge on any atom is -0.329 e. The van der Waals surface area contributed by atoms with E-state index in [9.17, 15) is 4.79 Å². The van der Waals surface area contributed by atoms with Crippen LogP contribution in [0.25, 0.3) is 22.2 Å². The van der Waals surface area contributed by atoms with E-state index >= 15 is 0 Å². The normalized spacial score (nSPS) is 16.8. The van der Waals surface area contributed by atoms with E-state index in [-0.39, 0.29) is 18.1 Å². The standard InChI is InChI=1S/C25H24Cl2N6O/c26-19-6-4-16(13-20(19)27)24(22-3-1-2-10-29-22)31-25(34)30-17-5-7-21-18(14-17)23(33-32-21)15-8-11-28-12-9-15/h4-9,11-14,22,24,29H,1-3,10H2,(H,32,33)(H2,30,31,34)/t22-,24?/m0/s1. The number of carbonyl (C=O) groups excluding carboxylic acids is 1. The zero-order chi connectivity index (χ0) is 23.5. The molecule has 0 aliphatic carbocycles. The number of H-pyrrole nitrogens is 1. The molecule has 2 atom stereocenters. The molecule has 1 saturated heterocycles. The third-order valence-electron chi connectivity index (χ3n) is 6.11.